The molecule has 142 valence electrons. The van der Waals surface area contributed by atoms with Crippen LogP contribution in [0.1, 0.15) is 31.7 Å². The summed E-state index contributed by atoms with van der Waals surface area (Å²) in [5.41, 5.74) is 2.46. The van der Waals surface area contributed by atoms with Gasteiger partial charge in [-0.15, -0.1) is 0 Å². The van der Waals surface area contributed by atoms with Gasteiger partial charge in [0.15, 0.2) is 0 Å². The number of oxime groups is 1. The van der Waals surface area contributed by atoms with Crippen LogP contribution >= 0.6 is 0 Å². The van der Waals surface area contributed by atoms with Crippen molar-refractivity contribution in [2.24, 2.45) is 5.16 Å². The maximum atomic E-state index is 13.1. The lowest BCUT2D eigenvalue weighted by molar-refractivity contribution is -0.126. The lowest BCUT2D eigenvalue weighted by Crippen LogP contribution is -2.29. The van der Waals surface area contributed by atoms with Gasteiger partial charge in [-0.05, 0) is 68.1 Å². The number of halogens is 1. The van der Waals surface area contributed by atoms with Crippen molar-refractivity contribution in [2.45, 2.75) is 32.3 Å². The first-order chi connectivity index (χ1) is 13.1. The normalized spacial score (nSPS) is 15.6. The van der Waals surface area contributed by atoms with Gasteiger partial charge >= 0.3 is 0 Å². The van der Waals surface area contributed by atoms with Crippen molar-refractivity contribution in [3.63, 3.8) is 0 Å². The van der Waals surface area contributed by atoms with Crippen LogP contribution in [0, 0.1) is 5.82 Å². The third kappa shape index (κ3) is 5.54. The molecular weight excluding hydrogens is 345 g/mol. The Labute approximate surface area is 158 Å². The van der Waals surface area contributed by atoms with E-state index in [0.29, 0.717) is 11.3 Å². The predicted molar refractivity (Wildman–Crippen MR) is 106 cm³/mol. The highest BCUT2D eigenvalue weighted by Crippen LogP contribution is 2.21. The zero-order valence-corrected chi connectivity index (χ0v) is 15.4. The van der Waals surface area contributed by atoms with E-state index in [-0.39, 0.29) is 11.7 Å². The quantitative estimate of drug-likeness (QED) is 0.613. The number of benzene rings is 2. The number of hydrogen-bond donors (Lipinski definition) is 1. The van der Waals surface area contributed by atoms with E-state index in [1.165, 1.54) is 43.3 Å². The summed E-state index contributed by atoms with van der Waals surface area (Å²) in [7, 11) is 0. The van der Waals surface area contributed by atoms with Crippen molar-refractivity contribution in [3.8, 4) is 0 Å². The van der Waals surface area contributed by atoms with E-state index < -0.39 is 6.10 Å². The third-order valence-corrected chi connectivity index (χ3v) is 4.49. The monoisotopic (exact) mass is 369 g/mol. The molecule has 1 aliphatic heterocycles. The van der Waals surface area contributed by atoms with Gasteiger partial charge in [0.2, 0.25) is 6.10 Å². The number of rotatable bonds is 6. The van der Waals surface area contributed by atoms with Gasteiger partial charge in [-0.2, -0.15) is 0 Å². The summed E-state index contributed by atoms with van der Waals surface area (Å²) < 4.78 is 13.1. The Balaban J connectivity index is 1.50. The van der Waals surface area contributed by atoms with Gasteiger partial charge in [0.05, 0.1) is 6.21 Å². The zero-order chi connectivity index (χ0) is 19.1. The van der Waals surface area contributed by atoms with Crippen molar-refractivity contribution in [2.75, 3.05) is 23.3 Å². The number of carbonyl (C=O) groups is 1. The SMILES string of the molecule is C[C@@H](O/N=C\c1cccc(F)c1)C(=O)Nc1ccc(N2CCCCC2)cc1. The molecule has 0 spiro atoms. The van der Waals surface area contributed by atoms with E-state index in [1.807, 2.05) is 24.3 Å². The molecule has 0 aliphatic carbocycles. The van der Waals surface area contributed by atoms with Crippen molar-refractivity contribution in [1.29, 1.82) is 0 Å². The zero-order valence-electron chi connectivity index (χ0n) is 15.4. The van der Waals surface area contributed by atoms with Crippen LogP contribution in [0.25, 0.3) is 0 Å². The van der Waals surface area contributed by atoms with Crippen LogP contribution in [0.3, 0.4) is 0 Å². The predicted octanol–water partition coefficient (Wildman–Crippen LogP) is 4.19. The average molecular weight is 369 g/mol. The molecule has 1 aliphatic rings. The van der Waals surface area contributed by atoms with Gasteiger partial charge in [0.1, 0.15) is 5.82 Å². The number of nitrogens with zero attached hydrogens (tertiary/aromatic N) is 2. The van der Waals surface area contributed by atoms with Crippen LogP contribution in [0.4, 0.5) is 15.8 Å². The Hall–Kier alpha value is -2.89. The number of nitrogens with one attached hydrogen (secondary N) is 1. The minimum absolute atomic E-state index is 0.294. The molecule has 3 rings (SSSR count). The fourth-order valence-electron chi connectivity index (χ4n) is 2.97. The lowest BCUT2D eigenvalue weighted by Gasteiger charge is -2.28. The summed E-state index contributed by atoms with van der Waals surface area (Å²) in [4.78, 5) is 19.7. The Morgan fingerprint density at radius 3 is 2.63 bits per heavy atom. The van der Waals surface area contributed by atoms with Crippen molar-refractivity contribution in [1.82, 2.24) is 0 Å². The van der Waals surface area contributed by atoms with Gasteiger partial charge in [0.25, 0.3) is 5.91 Å². The van der Waals surface area contributed by atoms with E-state index in [4.69, 9.17) is 4.84 Å². The van der Waals surface area contributed by atoms with E-state index in [0.717, 1.165) is 13.1 Å². The summed E-state index contributed by atoms with van der Waals surface area (Å²) in [5, 5.41) is 6.57. The number of carbonyl (C=O) groups excluding carboxylic acids is 1. The van der Waals surface area contributed by atoms with Crippen molar-refractivity contribution in [3.05, 3.63) is 59.9 Å². The Bertz CT molecular complexity index is 786. The first kappa shape index (κ1) is 18.9. The highest BCUT2D eigenvalue weighted by atomic mass is 19.1. The summed E-state index contributed by atoms with van der Waals surface area (Å²) >= 11 is 0. The highest BCUT2D eigenvalue weighted by Gasteiger charge is 2.15. The van der Waals surface area contributed by atoms with Gasteiger partial charge in [-0.3, -0.25) is 4.79 Å². The van der Waals surface area contributed by atoms with Crippen LogP contribution < -0.4 is 10.2 Å². The fraction of sp³-hybridized carbons (Fsp3) is 0.333. The Kier molecular flexibility index (Phi) is 6.41. The molecule has 0 saturated carbocycles. The van der Waals surface area contributed by atoms with Gasteiger partial charge in [0, 0.05) is 24.5 Å². The van der Waals surface area contributed by atoms with Gasteiger partial charge < -0.3 is 15.1 Å². The molecule has 1 heterocycles. The maximum Gasteiger partial charge on any atom is 0.267 e. The fourth-order valence-corrected chi connectivity index (χ4v) is 2.97. The number of amides is 1. The van der Waals surface area contributed by atoms with Crippen molar-refractivity contribution < 1.29 is 14.0 Å². The summed E-state index contributed by atoms with van der Waals surface area (Å²) in [6, 6.07) is 13.8. The minimum Gasteiger partial charge on any atom is -0.383 e. The van der Waals surface area contributed by atoms with Crippen LogP contribution in [-0.4, -0.2) is 31.3 Å². The largest absolute Gasteiger partial charge is 0.383 e. The first-order valence-corrected chi connectivity index (χ1v) is 9.22. The third-order valence-electron chi connectivity index (χ3n) is 4.49. The number of anilines is 2. The van der Waals surface area contributed by atoms with Crippen LogP contribution in [-0.2, 0) is 9.63 Å². The minimum atomic E-state index is -0.767. The second-order valence-electron chi connectivity index (χ2n) is 6.62. The standard InChI is InChI=1S/C21H24FN3O2/c1-16(27-23-15-17-6-5-7-18(22)14-17)21(26)24-19-8-10-20(11-9-19)25-12-3-2-4-13-25/h5-11,14-16H,2-4,12-13H2,1H3,(H,24,26)/b23-15-/t16-/m1/s1. The molecule has 1 fully saturated rings. The molecule has 6 heteroatoms. The smallest absolute Gasteiger partial charge is 0.267 e. The number of hydrogen-bond acceptors (Lipinski definition) is 4. The van der Waals surface area contributed by atoms with E-state index >= 15 is 0 Å². The van der Waals surface area contributed by atoms with Crippen LogP contribution in [0.15, 0.2) is 53.7 Å². The molecule has 2 aromatic rings. The molecule has 0 unspecified atom stereocenters. The molecular formula is C21H24FN3O2. The molecule has 27 heavy (non-hydrogen) atoms. The molecule has 1 atom stereocenters. The van der Waals surface area contributed by atoms with Crippen LogP contribution in [0.5, 0.6) is 0 Å². The average Bonchev–Trinajstić information content (AvgIpc) is 2.69. The van der Waals surface area contributed by atoms with Crippen molar-refractivity contribution >= 4 is 23.5 Å². The molecule has 0 aromatic heterocycles. The molecule has 1 amide bonds. The second kappa shape index (κ2) is 9.16. The van der Waals surface area contributed by atoms with E-state index in [9.17, 15) is 9.18 Å². The summed E-state index contributed by atoms with van der Waals surface area (Å²) in [5.74, 6) is -0.644. The molecule has 1 N–H and O–H groups in total. The molecule has 5 nitrogen and oxygen atoms in total. The topological polar surface area (TPSA) is 53.9 Å². The van der Waals surface area contributed by atoms with Gasteiger partial charge in [-0.1, -0.05) is 17.3 Å². The molecule has 0 bridgehead atoms. The van der Waals surface area contributed by atoms with Crippen LogP contribution in [0.2, 0.25) is 0 Å². The number of piperidine rings is 1. The Morgan fingerprint density at radius 1 is 1.19 bits per heavy atom. The first-order valence-electron chi connectivity index (χ1n) is 9.22. The van der Waals surface area contributed by atoms with Gasteiger partial charge in [-0.25, -0.2) is 4.39 Å². The Morgan fingerprint density at radius 2 is 1.93 bits per heavy atom. The molecule has 2 aromatic carbocycles. The molecule has 0 radical (unpaired) electrons. The van der Waals surface area contributed by atoms with E-state index in [1.54, 1.807) is 19.1 Å². The highest BCUT2D eigenvalue weighted by molar-refractivity contribution is 5.94. The van der Waals surface area contributed by atoms with E-state index in [2.05, 4.69) is 15.4 Å². The molecule has 1 saturated heterocycles. The summed E-state index contributed by atoms with van der Waals surface area (Å²) in [6.07, 6.45) is 4.36. The maximum absolute atomic E-state index is 13.1. The second-order valence-corrected chi connectivity index (χ2v) is 6.62. The lowest BCUT2D eigenvalue weighted by atomic mass is 10.1. The summed E-state index contributed by atoms with van der Waals surface area (Å²) in [6.45, 7) is 3.78.